The number of alkyl halides is 6. The average Bonchev–Trinajstić information content (AvgIpc) is 3.38. The summed E-state index contributed by atoms with van der Waals surface area (Å²) in [6.07, 6.45) is -2.88. The molecule has 0 aliphatic carbocycles. The fourth-order valence-electron chi connectivity index (χ4n) is 3.83. The maximum Gasteiger partial charge on any atom is 0.490 e. The largest absolute Gasteiger partial charge is 0.490 e. The van der Waals surface area contributed by atoms with Crippen molar-refractivity contribution in [2.75, 3.05) is 31.1 Å². The van der Waals surface area contributed by atoms with Crippen LogP contribution in [0.2, 0.25) is 0 Å². The molecule has 0 radical (unpaired) electrons. The second-order valence-corrected chi connectivity index (χ2v) is 8.79. The van der Waals surface area contributed by atoms with Gasteiger partial charge in [-0.05, 0) is 24.3 Å². The molecular formula is C26H23F7N6O4. The highest BCUT2D eigenvalue weighted by Crippen LogP contribution is 2.26. The Morgan fingerprint density at radius 2 is 1.44 bits per heavy atom. The monoisotopic (exact) mass is 616 g/mol. The number of hydrogen-bond acceptors (Lipinski definition) is 7. The molecule has 4 heterocycles. The summed E-state index contributed by atoms with van der Waals surface area (Å²) in [6, 6.07) is 12.6. The van der Waals surface area contributed by atoms with E-state index in [0.717, 1.165) is 61.1 Å². The minimum absolute atomic E-state index is 0.254. The van der Waals surface area contributed by atoms with Gasteiger partial charge in [-0.1, -0.05) is 18.2 Å². The quantitative estimate of drug-likeness (QED) is 0.319. The van der Waals surface area contributed by atoms with E-state index >= 15 is 0 Å². The van der Waals surface area contributed by atoms with Gasteiger partial charge >= 0.3 is 24.3 Å². The molecule has 1 saturated heterocycles. The van der Waals surface area contributed by atoms with Gasteiger partial charge in [0.05, 0.1) is 17.6 Å². The Hall–Kier alpha value is -4.80. The molecule has 17 heteroatoms. The molecule has 230 valence electrons. The summed E-state index contributed by atoms with van der Waals surface area (Å²) in [5.74, 6) is -4.90. The smallest absolute Gasteiger partial charge is 0.475 e. The van der Waals surface area contributed by atoms with Crippen LogP contribution >= 0.6 is 0 Å². The molecule has 0 atom stereocenters. The van der Waals surface area contributed by atoms with E-state index in [1.54, 1.807) is 18.5 Å². The van der Waals surface area contributed by atoms with Crippen molar-refractivity contribution in [2.45, 2.75) is 18.9 Å². The molecule has 0 unspecified atom stereocenters. The second kappa shape index (κ2) is 13.9. The van der Waals surface area contributed by atoms with Crippen molar-refractivity contribution < 1.29 is 50.5 Å². The molecule has 1 aliphatic rings. The maximum absolute atomic E-state index is 13.7. The Balaban J connectivity index is 0.000000303. The highest BCUT2D eigenvalue weighted by atomic mass is 19.4. The first-order chi connectivity index (χ1) is 20.2. The van der Waals surface area contributed by atoms with E-state index in [4.69, 9.17) is 19.8 Å². The van der Waals surface area contributed by atoms with Crippen LogP contribution in [0.4, 0.5) is 36.6 Å². The summed E-state index contributed by atoms with van der Waals surface area (Å²) >= 11 is 0. The Kier molecular flexibility index (Phi) is 10.6. The van der Waals surface area contributed by atoms with Gasteiger partial charge in [0.25, 0.3) is 0 Å². The molecule has 2 N–H and O–H groups in total. The van der Waals surface area contributed by atoms with E-state index in [1.165, 1.54) is 12.1 Å². The SMILES string of the molecule is Fc1cccc(-c2cnc3c(N4CCN(Cc5ccccn5)CC4)nccn23)c1.O=C(O)C(F)(F)F.O=C(O)C(F)(F)F. The van der Waals surface area contributed by atoms with Gasteiger partial charge in [-0.3, -0.25) is 14.3 Å². The zero-order valence-electron chi connectivity index (χ0n) is 21.9. The van der Waals surface area contributed by atoms with Gasteiger partial charge in [0.2, 0.25) is 0 Å². The Morgan fingerprint density at radius 1 is 0.814 bits per heavy atom. The molecule has 0 bridgehead atoms. The van der Waals surface area contributed by atoms with Crippen LogP contribution < -0.4 is 4.90 Å². The first-order valence-electron chi connectivity index (χ1n) is 12.2. The molecule has 1 fully saturated rings. The maximum atomic E-state index is 13.7. The molecule has 0 saturated carbocycles. The van der Waals surface area contributed by atoms with E-state index in [0.29, 0.717) is 0 Å². The topological polar surface area (TPSA) is 124 Å². The van der Waals surface area contributed by atoms with Crippen molar-refractivity contribution in [1.29, 1.82) is 0 Å². The number of pyridine rings is 1. The van der Waals surface area contributed by atoms with Gasteiger partial charge in [-0.2, -0.15) is 26.3 Å². The number of rotatable bonds is 4. The van der Waals surface area contributed by atoms with Gasteiger partial charge in [-0.25, -0.2) is 23.9 Å². The van der Waals surface area contributed by atoms with Gasteiger partial charge < -0.3 is 15.1 Å². The van der Waals surface area contributed by atoms with E-state index in [2.05, 4.69) is 30.8 Å². The first kappa shape index (κ1) is 32.7. The number of piperazine rings is 1. The van der Waals surface area contributed by atoms with Gasteiger partial charge in [0, 0.05) is 56.9 Å². The number of aromatic nitrogens is 4. The molecule has 5 rings (SSSR count). The third-order valence-corrected chi connectivity index (χ3v) is 5.80. The Bertz CT molecular complexity index is 1500. The standard InChI is InChI=1S/C22H21FN6.2C2HF3O2/c23-18-5-3-4-17(14-18)20-15-26-22-21(25-8-9-29(20)22)28-12-10-27(11-13-28)16-19-6-1-2-7-24-19;2*3-2(4,5)1(6)7/h1-9,14-15H,10-13,16H2;2*(H,6,7). The van der Waals surface area contributed by atoms with Crippen molar-refractivity contribution in [2.24, 2.45) is 0 Å². The molecule has 43 heavy (non-hydrogen) atoms. The first-order valence-corrected chi connectivity index (χ1v) is 12.2. The number of fused-ring (bicyclic) bond motifs is 1. The molecule has 3 aromatic heterocycles. The van der Waals surface area contributed by atoms with Crippen molar-refractivity contribution >= 4 is 23.4 Å². The molecule has 1 aromatic carbocycles. The van der Waals surface area contributed by atoms with Gasteiger partial charge in [0.15, 0.2) is 11.5 Å². The highest BCUT2D eigenvalue weighted by molar-refractivity contribution is 5.73. The number of nitrogens with zero attached hydrogens (tertiary/aromatic N) is 6. The third kappa shape index (κ3) is 9.35. The summed E-state index contributed by atoms with van der Waals surface area (Å²) < 4.78 is 79.1. The number of hydrogen-bond donors (Lipinski definition) is 2. The van der Waals surface area contributed by atoms with Gasteiger partial charge in [0.1, 0.15) is 5.82 Å². The van der Waals surface area contributed by atoms with Crippen molar-refractivity contribution in [3.05, 3.63) is 78.8 Å². The van der Waals surface area contributed by atoms with Crippen molar-refractivity contribution in [3.63, 3.8) is 0 Å². The number of carboxylic acids is 2. The van der Waals surface area contributed by atoms with Gasteiger partial charge in [-0.15, -0.1) is 0 Å². The van der Waals surface area contributed by atoms with Crippen LogP contribution in [0.3, 0.4) is 0 Å². The fraction of sp³-hybridized carbons (Fsp3) is 0.269. The lowest BCUT2D eigenvalue weighted by atomic mass is 10.1. The summed E-state index contributed by atoms with van der Waals surface area (Å²) in [7, 11) is 0. The number of carbonyl (C=O) groups is 2. The normalized spacial score (nSPS) is 13.9. The average molecular weight is 616 g/mol. The van der Waals surface area contributed by atoms with Crippen LogP contribution in [0.5, 0.6) is 0 Å². The summed E-state index contributed by atoms with van der Waals surface area (Å²) in [4.78, 5) is 36.1. The zero-order valence-corrected chi connectivity index (χ0v) is 21.9. The fourth-order valence-corrected chi connectivity index (χ4v) is 3.83. The van der Waals surface area contributed by atoms with E-state index < -0.39 is 24.3 Å². The van der Waals surface area contributed by atoms with Crippen LogP contribution in [-0.4, -0.2) is 84.9 Å². The summed E-state index contributed by atoms with van der Waals surface area (Å²) in [5, 5.41) is 14.2. The second-order valence-electron chi connectivity index (χ2n) is 8.79. The molecule has 10 nitrogen and oxygen atoms in total. The minimum atomic E-state index is -5.08. The Morgan fingerprint density at radius 3 is 1.98 bits per heavy atom. The predicted molar refractivity (Wildman–Crippen MR) is 137 cm³/mol. The number of benzene rings is 1. The highest BCUT2D eigenvalue weighted by Gasteiger charge is 2.38. The minimum Gasteiger partial charge on any atom is -0.475 e. The molecule has 1 aliphatic heterocycles. The predicted octanol–water partition coefficient (Wildman–Crippen LogP) is 4.52. The lowest BCUT2D eigenvalue weighted by Gasteiger charge is -2.35. The van der Waals surface area contributed by atoms with Crippen LogP contribution in [0.1, 0.15) is 5.69 Å². The molecule has 4 aromatic rings. The van der Waals surface area contributed by atoms with E-state index in [9.17, 15) is 30.7 Å². The third-order valence-electron chi connectivity index (χ3n) is 5.80. The number of aliphatic carboxylic acids is 2. The number of imidazole rings is 1. The summed E-state index contributed by atoms with van der Waals surface area (Å²) in [5.41, 5.74) is 3.55. The van der Waals surface area contributed by atoms with E-state index in [-0.39, 0.29) is 5.82 Å². The molecular weight excluding hydrogens is 593 g/mol. The lowest BCUT2D eigenvalue weighted by molar-refractivity contribution is -0.193. The van der Waals surface area contributed by atoms with E-state index in [1.807, 2.05) is 35.0 Å². The summed E-state index contributed by atoms with van der Waals surface area (Å²) in [6.45, 7) is 4.50. The van der Waals surface area contributed by atoms with Crippen LogP contribution in [0.15, 0.2) is 67.3 Å². The zero-order chi connectivity index (χ0) is 31.8. The van der Waals surface area contributed by atoms with Crippen molar-refractivity contribution in [1.82, 2.24) is 24.3 Å². The number of halogens is 7. The number of anilines is 1. The van der Waals surface area contributed by atoms with Crippen molar-refractivity contribution in [3.8, 4) is 11.3 Å². The number of carboxylic acid groups (broad SMARTS) is 2. The molecule has 0 spiro atoms. The Labute approximate surface area is 238 Å². The lowest BCUT2D eigenvalue weighted by Crippen LogP contribution is -2.46. The van der Waals surface area contributed by atoms with Crippen LogP contribution in [0.25, 0.3) is 16.9 Å². The van der Waals surface area contributed by atoms with Crippen LogP contribution in [-0.2, 0) is 16.1 Å². The van der Waals surface area contributed by atoms with Crippen LogP contribution in [0, 0.1) is 5.82 Å². The molecule has 0 amide bonds.